The Kier molecular flexibility index (Phi) is 3.92. The van der Waals surface area contributed by atoms with Gasteiger partial charge in [0.25, 0.3) is 0 Å². The van der Waals surface area contributed by atoms with Crippen molar-refractivity contribution in [2.75, 3.05) is 37.6 Å². The molecular formula is C16H23N3O. The van der Waals surface area contributed by atoms with E-state index in [4.69, 9.17) is 5.73 Å². The minimum atomic E-state index is -0.134. The van der Waals surface area contributed by atoms with E-state index in [-0.39, 0.29) is 11.8 Å². The molecule has 0 radical (unpaired) electrons. The number of nitrogens with two attached hydrogens (primary N) is 1. The van der Waals surface area contributed by atoms with Crippen LogP contribution in [0.1, 0.15) is 12.8 Å². The largest absolute Gasteiger partial charge is 0.371 e. The van der Waals surface area contributed by atoms with Gasteiger partial charge in [0.1, 0.15) is 0 Å². The lowest BCUT2D eigenvalue weighted by Gasteiger charge is -2.22. The van der Waals surface area contributed by atoms with Gasteiger partial charge in [0.15, 0.2) is 0 Å². The highest BCUT2D eigenvalue weighted by atomic mass is 16.1. The maximum atomic E-state index is 11.2. The molecule has 0 aliphatic carbocycles. The highest BCUT2D eigenvalue weighted by Crippen LogP contribution is 2.25. The molecule has 0 saturated carbocycles. The van der Waals surface area contributed by atoms with E-state index in [1.807, 2.05) is 0 Å². The van der Waals surface area contributed by atoms with E-state index >= 15 is 0 Å². The average Bonchev–Trinajstić information content (AvgIpc) is 3.10. The van der Waals surface area contributed by atoms with Gasteiger partial charge in [-0.15, -0.1) is 0 Å². The summed E-state index contributed by atoms with van der Waals surface area (Å²) in [6.07, 6.45) is 2.18. The van der Waals surface area contributed by atoms with Crippen LogP contribution in [-0.4, -0.2) is 43.5 Å². The Labute approximate surface area is 120 Å². The minimum Gasteiger partial charge on any atom is -0.371 e. The summed E-state index contributed by atoms with van der Waals surface area (Å²) in [5, 5.41) is 0. The molecule has 0 unspecified atom stereocenters. The van der Waals surface area contributed by atoms with Gasteiger partial charge in [0, 0.05) is 31.9 Å². The molecule has 3 rings (SSSR count). The molecule has 108 valence electrons. The summed E-state index contributed by atoms with van der Waals surface area (Å²) in [6, 6.07) is 10.6. The summed E-state index contributed by atoms with van der Waals surface area (Å²) in [6.45, 7) is 5.25. The lowest BCUT2D eigenvalue weighted by Crippen LogP contribution is -2.32. The topological polar surface area (TPSA) is 49.6 Å². The lowest BCUT2D eigenvalue weighted by molar-refractivity contribution is -0.121. The van der Waals surface area contributed by atoms with Crippen LogP contribution in [-0.2, 0) is 4.79 Å². The molecule has 1 aromatic carbocycles. The third-order valence-electron chi connectivity index (χ3n) is 4.60. The molecule has 0 aromatic heterocycles. The second kappa shape index (κ2) is 5.83. The molecule has 20 heavy (non-hydrogen) atoms. The Morgan fingerprint density at radius 3 is 2.65 bits per heavy atom. The molecule has 2 atom stereocenters. The zero-order chi connectivity index (χ0) is 13.9. The van der Waals surface area contributed by atoms with Crippen molar-refractivity contribution in [2.45, 2.75) is 12.8 Å². The highest BCUT2D eigenvalue weighted by molar-refractivity contribution is 5.77. The first kappa shape index (κ1) is 13.4. The molecule has 4 heteroatoms. The summed E-state index contributed by atoms with van der Waals surface area (Å²) in [5.41, 5.74) is 6.72. The standard InChI is InChI=1S/C16H23N3O/c17-16(20)14-7-8-18(12-14)10-13-6-9-19(11-13)15-4-2-1-3-5-15/h1-5,13-14H,6-12H2,(H2,17,20)/t13-,14+/m0/s1. The molecule has 0 bridgehead atoms. The van der Waals surface area contributed by atoms with Crippen LogP contribution in [0.5, 0.6) is 0 Å². The number of benzene rings is 1. The van der Waals surface area contributed by atoms with Crippen molar-refractivity contribution in [3.05, 3.63) is 30.3 Å². The molecule has 2 saturated heterocycles. The quantitative estimate of drug-likeness (QED) is 0.900. The van der Waals surface area contributed by atoms with Gasteiger partial charge in [-0.3, -0.25) is 4.79 Å². The average molecular weight is 273 g/mol. The second-order valence-electron chi connectivity index (χ2n) is 6.08. The summed E-state index contributed by atoms with van der Waals surface area (Å²) in [7, 11) is 0. The number of anilines is 1. The predicted molar refractivity (Wildman–Crippen MR) is 80.5 cm³/mol. The zero-order valence-electron chi connectivity index (χ0n) is 11.9. The first-order valence-electron chi connectivity index (χ1n) is 7.54. The Morgan fingerprint density at radius 1 is 1.15 bits per heavy atom. The Morgan fingerprint density at radius 2 is 1.95 bits per heavy atom. The normalized spacial score (nSPS) is 27.1. The first-order valence-corrected chi connectivity index (χ1v) is 7.54. The van der Waals surface area contributed by atoms with Crippen LogP contribution in [0.3, 0.4) is 0 Å². The van der Waals surface area contributed by atoms with Gasteiger partial charge in [0.05, 0.1) is 5.92 Å². The van der Waals surface area contributed by atoms with Crippen molar-refractivity contribution in [3.63, 3.8) is 0 Å². The van der Waals surface area contributed by atoms with Crippen molar-refractivity contribution in [1.29, 1.82) is 0 Å². The smallest absolute Gasteiger partial charge is 0.221 e. The van der Waals surface area contributed by atoms with Gasteiger partial charge < -0.3 is 15.5 Å². The van der Waals surface area contributed by atoms with Crippen LogP contribution in [0.2, 0.25) is 0 Å². The maximum absolute atomic E-state index is 11.2. The summed E-state index contributed by atoms with van der Waals surface area (Å²) in [5.74, 6) is 0.647. The lowest BCUT2D eigenvalue weighted by atomic mass is 10.1. The summed E-state index contributed by atoms with van der Waals surface area (Å²) in [4.78, 5) is 16.1. The third kappa shape index (κ3) is 2.96. The van der Waals surface area contributed by atoms with E-state index in [9.17, 15) is 4.79 Å². The molecule has 2 aliphatic heterocycles. The van der Waals surface area contributed by atoms with Gasteiger partial charge >= 0.3 is 0 Å². The highest BCUT2D eigenvalue weighted by Gasteiger charge is 2.30. The van der Waals surface area contributed by atoms with Crippen molar-refractivity contribution >= 4 is 11.6 Å². The SMILES string of the molecule is NC(=O)[C@@H]1CCN(C[C@@H]2CCN(c3ccccc3)C2)C1. The number of nitrogens with zero attached hydrogens (tertiary/aromatic N) is 2. The minimum absolute atomic E-state index is 0.0710. The van der Waals surface area contributed by atoms with E-state index in [1.165, 1.54) is 12.1 Å². The van der Waals surface area contributed by atoms with Crippen LogP contribution in [0.25, 0.3) is 0 Å². The summed E-state index contributed by atoms with van der Waals surface area (Å²) >= 11 is 0. The van der Waals surface area contributed by atoms with Crippen LogP contribution in [0, 0.1) is 11.8 Å². The molecule has 1 amide bonds. The van der Waals surface area contributed by atoms with Crippen molar-refractivity contribution in [2.24, 2.45) is 17.6 Å². The number of rotatable bonds is 4. The van der Waals surface area contributed by atoms with Crippen molar-refractivity contribution < 1.29 is 4.79 Å². The van der Waals surface area contributed by atoms with Gasteiger partial charge in [-0.05, 0) is 37.4 Å². The van der Waals surface area contributed by atoms with Gasteiger partial charge in [-0.25, -0.2) is 0 Å². The van der Waals surface area contributed by atoms with Crippen LogP contribution in [0.4, 0.5) is 5.69 Å². The van der Waals surface area contributed by atoms with Crippen LogP contribution < -0.4 is 10.6 Å². The second-order valence-corrected chi connectivity index (χ2v) is 6.08. The molecule has 2 heterocycles. The van der Waals surface area contributed by atoms with Crippen LogP contribution in [0.15, 0.2) is 30.3 Å². The fourth-order valence-corrected chi connectivity index (χ4v) is 3.45. The summed E-state index contributed by atoms with van der Waals surface area (Å²) < 4.78 is 0. The Hall–Kier alpha value is -1.55. The molecule has 2 fully saturated rings. The molecule has 4 nitrogen and oxygen atoms in total. The third-order valence-corrected chi connectivity index (χ3v) is 4.60. The van der Waals surface area contributed by atoms with E-state index in [0.29, 0.717) is 5.92 Å². The fraction of sp³-hybridized carbons (Fsp3) is 0.562. The Bertz CT molecular complexity index is 462. The number of para-hydroxylation sites is 1. The molecular weight excluding hydrogens is 250 g/mol. The fourth-order valence-electron chi connectivity index (χ4n) is 3.45. The number of carbonyl (C=O) groups excluding carboxylic acids is 1. The molecule has 2 aliphatic rings. The number of carbonyl (C=O) groups is 1. The van der Waals surface area contributed by atoms with Crippen molar-refractivity contribution in [3.8, 4) is 0 Å². The van der Waals surface area contributed by atoms with Crippen LogP contribution >= 0.6 is 0 Å². The number of likely N-dealkylation sites (tertiary alicyclic amines) is 1. The molecule has 1 aromatic rings. The molecule has 2 N–H and O–H groups in total. The number of amides is 1. The maximum Gasteiger partial charge on any atom is 0.221 e. The number of hydrogen-bond donors (Lipinski definition) is 1. The van der Waals surface area contributed by atoms with E-state index in [0.717, 1.165) is 39.1 Å². The van der Waals surface area contributed by atoms with Crippen molar-refractivity contribution in [1.82, 2.24) is 4.90 Å². The monoisotopic (exact) mass is 273 g/mol. The van der Waals surface area contributed by atoms with E-state index in [2.05, 4.69) is 40.1 Å². The van der Waals surface area contributed by atoms with E-state index in [1.54, 1.807) is 0 Å². The molecule has 0 spiro atoms. The van der Waals surface area contributed by atoms with Gasteiger partial charge in [-0.2, -0.15) is 0 Å². The zero-order valence-corrected chi connectivity index (χ0v) is 11.9. The number of hydrogen-bond acceptors (Lipinski definition) is 3. The Balaban J connectivity index is 1.50. The van der Waals surface area contributed by atoms with Gasteiger partial charge in [0.2, 0.25) is 5.91 Å². The number of primary amides is 1. The van der Waals surface area contributed by atoms with E-state index < -0.39 is 0 Å². The predicted octanol–water partition coefficient (Wildman–Crippen LogP) is 1.32. The first-order chi connectivity index (χ1) is 9.72. The van der Waals surface area contributed by atoms with Gasteiger partial charge in [-0.1, -0.05) is 18.2 Å².